The van der Waals surface area contributed by atoms with E-state index < -0.39 is 0 Å². The molecule has 1 unspecified atom stereocenters. The van der Waals surface area contributed by atoms with Crippen LogP contribution >= 0.6 is 12.4 Å². The highest BCUT2D eigenvalue weighted by Gasteiger charge is 2.30. The molecule has 2 aliphatic heterocycles. The summed E-state index contributed by atoms with van der Waals surface area (Å²) in [6, 6.07) is 6.13. The monoisotopic (exact) mass is 356 g/mol. The molecule has 24 heavy (non-hydrogen) atoms. The number of hydrogen-bond donors (Lipinski definition) is 1. The lowest BCUT2D eigenvalue weighted by atomic mass is 10.0. The molecule has 0 radical (unpaired) electrons. The van der Waals surface area contributed by atoms with E-state index in [1.54, 1.807) is 7.11 Å². The molecule has 1 saturated heterocycles. The molecule has 1 aromatic rings. The van der Waals surface area contributed by atoms with Crippen LogP contribution in [0.2, 0.25) is 0 Å². The third-order valence-electron chi connectivity index (χ3n) is 4.28. The summed E-state index contributed by atoms with van der Waals surface area (Å²) in [4.78, 5) is 14.4. The molecule has 1 amide bonds. The number of nitrogens with zero attached hydrogens (tertiary/aromatic N) is 1. The number of amides is 1. The molecule has 1 aromatic carbocycles. The van der Waals surface area contributed by atoms with Crippen molar-refractivity contribution in [3.63, 3.8) is 0 Å². The summed E-state index contributed by atoms with van der Waals surface area (Å²) in [5.41, 5.74) is 1.12. The number of fused-ring (bicyclic) bond motifs is 1. The Hall–Kier alpha value is -1.50. The second kappa shape index (κ2) is 9.11. The van der Waals surface area contributed by atoms with Crippen molar-refractivity contribution in [1.82, 2.24) is 10.2 Å². The average molecular weight is 357 g/mol. The van der Waals surface area contributed by atoms with Gasteiger partial charge >= 0.3 is 0 Å². The molecule has 1 fully saturated rings. The number of carbonyl (C=O) groups excluding carboxylic acids is 1. The summed E-state index contributed by atoms with van der Waals surface area (Å²) in [5.74, 6) is 1.71. The normalized spacial score (nSPS) is 19.0. The van der Waals surface area contributed by atoms with Crippen LogP contribution in [0.1, 0.15) is 24.4 Å². The van der Waals surface area contributed by atoms with Crippen LogP contribution in [0, 0.1) is 0 Å². The molecule has 2 heterocycles. The highest BCUT2D eigenvalue weighted by Crippen LogP contribution is 2.37. The number of ether oxygens (including phenoxy) is 3. The Balaban J connectivity index is 0.00000208. The third kappa shape index (κ3) is 4.32. The number of rotatable bonds is 6. The van der Waals surface area contributed by atoms with E-state index in [1.165, 1.54) is 0 Å². The van der Waals surface area contributed by atoms with E-state index >= 15 is 0 Å². The number of carbonyl (C=O) groups is 1. The van der Waals surface area contributed by atoms with Gasteiger partial charge in [0.2, 0.25) is 5.91 Å². The fourth-order valence-electron chi connectivity index (χ4n) is 3.15. The highest BCUT2D eigenvalue weighted by molar-refractivity contribution is 5.85. The van der Waals surface area contributed by atoms with Crippen molar-refractivity contribution in [2.45, 2.75) is 18.9 Å². The number of hydrogen-bond acceptors (Lipinski definition) is 5. The van der Waals surface area contributed by atoms with Crippen LogP contribution in [0.25, 0.3) is 0 Å². The van der Waals surface area contributed by atoms with E-state index in [9.17, 15) is 4.79 Å². The van der Waals surface area contributed by atoms with Gasteiger partial charge in [-0.05, 0) is 30.5 Å². The van der Waals surface area contributed by atoms with E-state index in [2.05, 4.69) is 5.32 Å². The van der Waals surface area contributed by atoms with Crippen molar-refractivity contribution in [2.24, 2.45) is 0 Å². The van der Waals surface area contributed by atoms with Crippen molar-refractivity contribution in [1.29, 1.82) is 0 Å². The van der Waals surface area contributed by atoms with Crippen LogP contribution in [-0.2, 0) is 9.53 Å². The molecule has 1 atom stereocenters. The van der Waals surface area contributed by atoms with Crippen LogP contribution < -0.4 is 14.8 Å². The highest BCUT2D eigenvalue weighted by atomic mass is 35.5. The SMILES string of the molecule is COCCNCC(=O)N1CCCC1c1ccc2c(c1)OCCO2.Cl. The largest absolute Gasteiger partial charge is 0.486 e. The minimum absolute atomic E-state index is 0. The second-order valence-electron chi connectivity index (χ2n) is 5.82. The number of methoxy groups -OCH3 is 1. The predicted octanol–water partition coefficient (Wildman–Crippen LogP) is 1.78. The molecule has 0 spiro atoms. The van der Waals surface area contributed by atoms with Gasteiger partial charge in [-0.2, -0.15) is 0 Å². The molecule has 134 valence electrons. The van der Waals surface area contributed by atoms with Crippen molar-refractivity contribution in [3.8, 4) is 11.5 Å². The lowest BCUT2D eigenvalue weighted by Crippen LogP contribution is -2.38. The van der Waals surface area contributed by atoms with E-state index in [0.717, 1.165) is 36.4 Å². The zero-order chi connectivity index (χ0) is 16.1. The van der Waals surface area contributed by atoms with Crippen LogP contribution in [0.4, 0.5) is 0 Å². The Morgan fingerprint density at radius 3 is 2.92 bits per heavy atom. The van der Waals surface area contributed by atoms with Crippen molar-refractivity contribution < 1.29 is 19.0 Å². The van der Waals surface area contributed by atoms with Gasteiger partial charge < -0.3 is 24.4 Å². The van der Waals surface area contributed by atoms with Gasteiger partial charge in [-0.15, -0.1) is 12.4 Å². The summed E-state index contributed by atoms with van der Waals surface area (Å²) in [6.45, 7) is 3.62. The lowest BCUT2D eigenvalue weighted by Gasteiger charge is -2.27. The first-order valence-corrected chi connectivity index (χ1v) is 8.18. The summed E-state index contributed by atoms with van der Waals surface area (Å²) < 4.78 is 16.2. The van der Waals surface area contributed by atoms with Crippen molar-refractivity contribution in [2.75, 3.05) is 46.6 Å². The van der Waals surface area contributed by atoms with E-state index in [0.29, 0.717) is 32.9 Å². The smallest absolute Gasteiger partial charge is 0.237 e. The molecule has 6 nitrogen and oxygen atoms in total. The molecule has 0 saturated carbocycles. The molecule has 3 rings (SSSR count). The first-order valence-electron chi connectivity index (χ1n) is 8.18. The minimum Gasteiger partial charge on any atom is -0.486 e. The van der Waals surface area contributed by atoms with Gasteiger partial charge in [0.05, 0.1) is 19.2 Å². The van der Waals surface area contributed by atoms with E-state index in [-0.39, 0.29) is 24.4 Å². The zero-order valence-electron chi connectivity index (χ0n) is 14.0. The molecule has 0 aliphatic carbocycles. The fraction of sp³-hybridized carbons (Fsp3) is 0.588. The maximum absolute atomic E-state index is 12.4. The lowest BCUT2D eigenvalue weighted by molar-refractivity contribution is -0.131. The first-order chi connectivity index (χ1) is 11.3. The Labute approximate surface area is 148 Å². The van der Waals surface area contributed by atoms with E-state index in [4.69, 9.17) is 14.2 Å². The summed E-state index contributed by atoms with van der Waals surface area (Å²) in [5, 5.41) is 3.12. The molecule has 0 bridgehead atoms. The maximum Gasteiger partial charge on any atom is 0.237 e. The van der Waals surface area contributed by atoms with Crippen LogP contribution in [-0.4, -0.2) is 57.4 Å². The topological polar surface area (TPSA) is 60.0 Å². The zero-order valence-corrected chi connectivity index (χ0v) is 14.8. The molecular formula is C17H25ClN2O4. The molecular weight excluding hydrogens is 332 g/mol. The summed E-state index contributed by atoms with van der Waals surface area (Å²) in [7, 11) is 1.65. The summed E-state index contributed by atoms with van der Waals surface area (Å²) >= 11 is 0. The van der Waals surface area contributed by atoms with Gasteiger partial charge in [-0.25, -0.2) is 0 Å². The molecule has 1 N–H and O–H groups in total. The third-order valence-corrected chi connectivity index (χ3v) is 4.28. The number of nitrogens with one attached hydrogen (secondary N) is 1. The minimum atomic E-state index is 0. The van der Waals surface area contributed by atoms with E-state index in [1.807, 2.05) is 23.1 Å². The van der Waals surface area contributed by atoms with Gasteiger partial charge in [0.15, 0.2) is 11.5 Å². The standard InChI is InChI=1S/C17H24N2O4.ClH/c1-21-8-6-18-12-17(20)19-7-2-3-14(19)13-4-5-15-16(11-13)23-10-9-22-15;/h4-5,11,14,18H,2-3,6-10,12H2,1H3;1H. The quantitative estimate of drug-likeness (QED) is 0.787. The van der Waals surface area contributed by atoms with Gasteiger partial charge in [0.25, 0.3) is 0 Å². The van der Waals surface area contributed by atoms with Gasteiger partial charge in [0.1, 0.15) is 13.2 Å². The average Bonchev–Trinajstić information content (AvgIpc) is 3.08. The van der Waals surface area contributed by atoms with Crippen molar-refractivity contribution in [3.05, 3.63) is 23.8 Å². The summed E-state index contributed by atoms with van der Waals surface area (Å²) in [6.07, 6.45) is 2.02. The Kier molecular flexibility index (Phi) is 7.15. The van der Waals surface area contributed by atoms with Crippen LogP contribution in [0.5, 0.6) is 11.5 Å². The fourth-order valence-corrected chi connectivity index (χ4v) is 3.15. The Morgan fingerprint density at radius 2 is 2.12 bits per heavy atom. The molecule has 7 heteroatoms. The van der Waals surface area contributed by atoms with Crippen LogP contribution in [0.15, 0.2) is 18.2 Å². The Bertz CT molecular complexity index is 555. The number of benzene rings is 1. The predicted molar refractivity (Wildman–Crippen MR) is 93.1 cm³/mol. The maximum atomic E-state index is 12.4. The second-order valence-corrected chi connectivity index (χ2v) is 5.82. The number of likely N-dealkylation sites (tertiary alicyclic amines) is 1. The van der Waals surface area contributed by atoms with Gasteiger partial charge in [-0.1, -0.05) is 6.07 Å². The molecule has 2 aliphatic rings. The van der Waals surface area contributed by atoms with Gasteiger partial charge in [-0.3, -0.25) is 4.79 Å². The Morgan fingerprint density at radius 1 is 1.33 bits per heavy atom. The van der Waals surface area contributed by atoms with Crippen molar-refractivity contribution >= 4 is 18.3 Å². The van der Waals surface area contributed by atoms with Crippen LogP contribution in [0.3, 0.4) is 0 Å². The van der Waals surface area contributed by atoms with Gasteiger partial charge in [0, 0.05) is 20.2 Å². The molecule has 0 aromatic heterocycles. The first kappa shape index (κ1) is 18.8. The number of halogens is 1.